The van der Waals surface area contributed by atoms with Gasteiger partial charge in [0.2, 0.25) is 0 Å². The number of hydrogen-bond acceptors (Lipinski definition) is 6. The lowest BCUT2D eigenvalue weighted by molar-refractivity contribution is 0.0934. The summed E-state index contributed by atoms with van der Waals surface area (Å²) in [4.78, 5) is 15.7. The Hall–Kier alpha value is -2.51. The van der Waals surface area contributed by atoms with E-state index >= 15 is 0 Å². The van der Waals surface area contributed by atoms with E-state index in [9.17, 15) is 4.79 Å². The van der Waals surface area contributed by atoms with Crippen molar-refractivity contribution in [3.8, 4) is 0 Å². The molecule has 4 N–H and O–H groups in total. The second kappa shape index (κ2) is 4.56. The zero-order valence-corrected chi connectivity index (χ0v) is 9.08. The zero-order valence-electron chi connectivity index (χ0n) is 9.08. The van der Waals surface area contributed by atoms with Crippen LogP contribution in [0.5, 0.6) is 0 Å². The number of aromatic amines is 1. The van der Waals surface area contributed by atoms with Gasteiger partial charge in [-0.15, -0.1) is 10.2 Å². The molecule has 0 saturated heterocycles. The fourth-order valence-corrected chi connectivity index (χ4v) is 1.29. The number of rotatable bonds is 3. The van der Waals surface area contributed by atoms with E-state index in [1.165, 1.54) is 6.20 Å². The standard InChI is InChI=1S/C9H11N7O/c1-5(8-13-15-16-14-8)12-9(17)7-6(10)3-2-4-11-7/h2-5H,10H2,1H3,(H,12,17)(H,13,14,15,16). The van der Waals surface area contributed by atoms with Crippen LogP contribution >= 0.6 is 0 Å². The number of amides is 1. The Bertz CT molecular complexity index is 510. The van der Waals surface area contributed by atoms with Gasteiger partial charge in [-0.3, -0.25) is 4.79 Å². The number of nitrogen functional groups attached to an aromatic ring is 1. The summed E-state index contributed by atoms with van der Waals surface area (Å²) in [6.45, 7) is 1.74. The van der Waals surface area contributed by atoms with E-state index in [1.54, 1.807) is 19.1 Å². The van der Waals surface area contributed by atoms with E-state index in [-0.39, 0.29) is 17.6 Å². The van der Waals surface area contributed by atoms with Gasteiger partial charge in [0.05, 0.1) is 11.7 Å². The molecule has 2 aromatic rings. The molecule has 1 amide bonds. The van der Waals surface area contributed by atoms with Crippen LogP contribution in [-0.2, 0) is 0 Å². The Morgan fingerprint density at radius 1 is 1.59 bits per heavy atom. The van der Waals surface area contributed by atoms with E-state index < -0.39 is 0 Å². The van der Waals surface area contributed by atoms with E-state index in [2.05, 4.69) is 30.9 Å². The van der Waals surface area contributed by atoms with Crippen molar-refractivity contribution in [2.45, 2.75) is 13.0 Å². The highest BCUT2D eigenvalue weighted by atomic mass is 16.2. The lowest BCUT2D eigenvalue weighted by Gasteiger charge is -2.10. The quantitative estimate of drug-likeness (QED) is 0.667. The molecule has 17 heavy (non-hydrogen) atoms. The fraction of sp³-hybridized carbons (Fsp3) is 0.222. The first kappa shape index (κ1) is 11.0. The maximum Gasteiger partial charge on any atom is 0.272 e. The van der Waals surface area contributed by atoms with Gasteiger partial charge in [0.25, 0.3) is 5.91 Å². The summed E-state index contributed by atoms with van der Waals surface area (Å²) in [5.41, 5.74) is 6.15. The van der Waals surface area contributed by atoms with Crippen LogP contribution in [0.25, 0.3) is 0 Å². The van der Waals surface area contributed by atoms with Gasteiger partial charge in [-0.1, -0.05) is 5.21 Å². The molecule has 0 fully saturated rings. The predicted octanol–water partition coefficient (Wildman–Crippen LogP) is -0.332. The molecule has 0 aliphatic rings. The predicted molar refractivity (Wildman–Crippen MR) is 58.7 cm³/mol. The third-order valence-electron chi connectivity index (χ3n) is 2.15. The number of carbonyl (C=O) groups excluding carboxylic acids is 1. The molecule has 1 atom stereocenters. The number of pyridine rings is 1. The lowest BCUT2D eigenvalue weighted by atomic mass is 10.2. The lowest BCUT2D eigenvalue weighted by Crippen LogP contribution is -2.28. The molecule has 8 heteroatoms. The van der Waals surface area contributed by atoms with Crippen LogP contribution in [0.15, 0.2) is 18.3 Å². The van der Waals surface area contributed by atoms with E-state index in [1.807, 2.05) is 0 Å². The van der Waals surface area contributed by atoms with Crippen LogP contribution < -0.4 is 11.1 Å². The van der Waals surface area contributed by atoms with E-state index in [0.717, 1.165) is 0 Å². The maximum absolute atomic E-state index is 11.8. The Morgan fingerprint density at radius 3 is 3.06 bits per heavy atom. The summed E-state index contributed by atoms with van der Waals surface area (Å²) in [6, 6.07) is 2.90. The van der Waals surface area contributed by atoms with Crippen molar-refractivity contribution in [2.24, 2.45) is 0 Å². The highest BCUT2D eigenvalue weighted by molar-refractivity contribution is 5.97. The zero-order chi connectivity index (χ0) is 12.3. The molecule has 8 nitrogen and oxygen atoms in total. The van der Waals surface area contributed by atoms with Gasteiger partial charge in [0, 0.05) is 6.20 Å². The Kier molecular flexibility index (Phi) is 2.95. The largest absolute Gasteiger partial charge is 0.397 e. The summed E-state index contributed by atoms with van der Waals surface area (Å²) in [7, 11) is 0. The first-order valence-corrected chi connectivity index (χ1v) is 4.93. The summed E-state index contributed by atoms with van der Waals surface area (Å²) < 4.78 is 0. The monoisotopic (exact) mass is 233 g/mol. The average molecular weight is 233 g/mol. The number of carbonyl (C=O) groups is 1. The highest BCUT2D eigenvalue weighted by Crippen LogP contribution is 2.09. The van der Waals surface area contributed by atoms with E-state index in [0.29, 0.717) is 11.5 Å². The van der Waals surface area contributed by atoms with E-state index in [4.69, 9.17) is 5.73 Å². The summed E-state index contributed by atoms with van der Waals surface area (Å²) in [6.07, 6.45) is 1.50. The SMILES string of the molecule is CC(NC(=O)c1ncccc1N)c1nn[nH]n1. The first-order valence-electron chi connectivity index (χ1n) is 4.93. The Labute approximate surface area is 96.6 Å². The summed E-state index contributed by atoms with van der Waals surface area (Å²) in [5, 5.41) is 15.9. The van der Waals surface area contributed by atoms with Gasteiger partial charge in [-0.05, 0) is 19.1 Å². The number of nitrogens with two attached hydrogens (primary N) is 1. The molecule has 2 rings (SSSR count). The molecule has 0 aliphatic carbocycles. The van der Waals surface area contributed by atoms with Crippen LogP contribution in [0.1, 0.15) is 29.3 Å². The Balaban J connectivity index is 2.10. The number of tetrazole rings is 1. The van der Waals surface area contributed by atoms with Crippen LogP contribution in [0, 0.1) is 0 Å². The first-order chi connectivity index (χ1) is 8.18. The maximum atomic E-state index is 11.8. The van der Waals surface area contributed by atoms with Crippen LogP contribution in [-0.4, -0.2) is 31.5 Å². The molecule has 2 aromatic heterocycles. The van der Waals surface area contributed by atoms with Crippen molar-refractivity contribution in [3.05, 3.63) is 29.8 Å². The van der Waals surface area contributed by atoms with Crippen LogP contribution in [0.3, 0.4) is 0 Å². The van der Waals surface area contributed by atoms with Crippen molar-refractivity contribution < 1.29 is 4.79 Å². The summed E-state index contributed by atoms with van der Waals surface area (Å²) in [5.74, 6) is 0.0215. The average Bonchev–Trinajstić information content (AvgIpc) is 2.82. The third kappa shape index (κ3) is 2.36. The van der Waals surface area contributed by atoms with Gasteiger partial charge < -0.3 is 11.1 Å². The molecule has 0 aromatic carbocycles. The molecular formula is C9H11N7O. The molecule has 0 bridgehead atoms. The number of nitrogens with one attached hydrogen (secondary N) is 2. The molecule has 88 valence electrons. The molecule has 0 saturated carbocycles. The summed E-state index contributed by atoms with van der Waals surface area (Å²) >= 11 is 0. The minimum absolute atomic E-state index is 0.183. The van der Waals surface area contributed by atoms with Gasteiger partial charge in [0.1, 0.15) is 0 Å². The molecule has 0 radical (unpaired) electrons. The number of anilines is 1. The Morgan fingerprint density at radius 2 is 2.41 bits per heavy atom. The highest BCUT2D eigenvalue weighted by Gasteiger charge is 2.17. The molecule has 0 aliphatic heterocycles. The van der Waals surface area contributed by atoms with Crippen molar-refractivity contribution >= 4 is 11.6 Å². The van der Waals surface area contributed by atoms with Crippen LogP contribution in [0.2, 0.25) is 0 Å². The number of nitrogens with zero attached hydrogens (tertiary/aromatic N) is 4. The minimum atomic E-state index is -0.375. The van der Waals surface area contributed by atoms with Gasteiger partial charge in [-0.2, -0.15) is 5.21 Å². The second-order valence-corrected chi connectivity index (χ2v) is 3.41. The van der Waals surface area contributed by atoms with Crippen molar-refractivity contribution in [3.63, 3.8) is 0 Å². The van der Waals surface area contributed by atoms with Crippen molar-refractivity contribution in [1.82, 2.24) is 30.9 Å². The van der Waals surface area contributed by atoms with Crippen LogP contribution in [0.4, 0.5) is 5.69 Å². The number of hydrogen-bond donors (Lipinski definition) is 3. The molecule has 2 heterocycles. The molecule has 0 spiro atoms. The van der Waals surface area contributed by atoms with Gasteiger partial charge in [0.15, 0.2) is 11.5 Å². The fourth-order valence-electron chi connectivity index (χ4n) is 1.29. The topological polar surface area (TPSA) is 122 Å². The molecular weight excluding hydrogens is 222 g/mol. The molecule has 1 unspecified atom stereocenters. The minimum Gasteiger partial charge on any atom is -0.397 e. The van der Waals surface area contributed by atoms with Gasteiger partial charge >= 0.3 is 0 Å². The smallest absolute Gasteiger partial charge is 0.272 e. The normalized spacial score (nSPS) is 12.1. The third-order valence-corrected chi connectivity index (χ3v) is 2.15. The number of H-pyrrole nitrogens is 1. The van der Waals surface area contributed by atoms with Gasteiger partial charge in [-0.25, -0.2) is 4.98 Å². The second-order valence-electron chi connectivity index (χ2n) is 3.41. The van der Waals surface area contributed by atoms with Crippen molar-refractivity contribution in [1.29, 1.82) is 0 Å². The van der Waals surface area contributed by atoms with Crippen molar-refractivity contribution in [2.75, 3.05) is 5.73 Å². The number of aromatic nitrogens is 5.